The molecule has 0 unspecified atom stereocenters. The Labute approximate surface area is 127 Å². The third-order valence-corrected chi connectivity index (χ3v) is 4.62. The summed E-state index contributed by atoms with van der Waals surface area (Å²) in [5.74, 6) is 0.873. The molecule has 1 saturated heterocycles. The van der Waals surface area contributed by atoms with Crippen molar-refractivity contribution in [1.29, 1.82) is 0 Å². The van der Waals surface area contributed by atoms with Crippen LogP contribution < -0.4 is 5.73 Å². The first kappa shape index (κ1) is 15.9. The molecule has 1 amide bonds. The molecule has 2 heterocycles. The van der Waals surface area contributed by atoms with Crippen molar-refractivity contribution in [3.63, 3.8) is 0 Å². The SMILES string of the molecule is CC(C)c1[nH]nc(C(=O)N2CCC(C(C)(C)C)CC2)c1N. The van der Waals surface area contributed by atoms with Crippen LogP contribution in [0.3, 0.4) is 0 Å². The van der Waals surface area contributed by atoms with Crippen LogP contribution in [-0.2, 0) is 0 Å². The number of aromatic amines is 1. The van der Waals surface area contributed by atoms with Gasteiger partial charge in [0.2, 0.25) is 0 Å². The Hall–Kier alpha value is -1.52. The minimum absolute atomic E-state index is 0.0389. The van der Waals surface area contributed by atoms with Gasteiger partial charge in [-0.3, -0.25) is 9.89 Å². The van der Waals surface area contributed by atoms with E-state index in [0.29, 0.717) is 22.7 Å². The quantitative estimate of drug-likeness (QED) is 0.879. The Kier molecular flexibility index (Phi) is 4.30. The van der Waals surface area contributed by atoms with Crippen molar-refractivity contribution in [2.24, 2.45) is 11.3 Å². The number of aromatic nitrogens is 2. The van der Waals surface area contributed by atoms with E-state index in [1.807, 2.05) is 18.7 Å². The van der Waals surface area contributed by atoms with Crippen molar-refractivity contribution >= 4 is 11.6 Å². The topological polar surface area (TPSA) is 75.0 Å². The van der Waals surface area contributed by atoms with Crippen LogP contribution in [0.2, 0.25) is 0 Å². The fraction of sp³-hybridized carbons (Fsp3) is 0.750. The predicted molar refractivity (Wildman–Crippen MR) is 85.2 cm³/mol. The Balaban J connectivity index is 2.06. The molecule has 0 spiro atoms. The minimum atomic E-state index is -0.0389. The second kappa shape index (κ2) is 5.70. The first-order chi connectivity index (χ1) is 9.71. The largest absolute Gasteiger partial charge is 0.395 e. The molecule has 0 radical (unpaired) electrons. The molecule has 0 aromatic carbocycles. The smallest absolute Gasteiger partial charge is 0.276 e. The van der Waals surface area contributed by atoms with Gasteiger partial charge in [0.15, 0.2) is 5.69 Å². The van der Waals surface area contributed by atoms with E-state index in [-0.39, 0.29) is 11.8 Å². The van der Waals surface area contributed by atoms with Crippen LogP contribution >= 0.6 is 0 Å². The lowest BCUT2D eigenvalue weighted by molar-refractivity contribution is 0.0604. The normalized spacial score (nSPS) is 17.5. The summed E-state index contributed by atoms with van der Waals surface area (Å²) in [5, 5.41) is 7.04. The lowest BCUT2D eigenvalue weighted by Gasteiger charge is -2.38. The molecule has 0 aliphatic carbocycles. The van der Waals surface area contributed by atoms with Gasteiger partial charge in [0.1, 0.15) is 0 Å². The lowest BCUT2D eigenvalue weighted by Crippen LogP contribution is -2.41. The Morgan fingerprint density at radius 2 is 1.90 bits per heavy atom. The molecule has 0 bridgehead atoms. The number of nitrogens with two attached hydrogens (primary N) is 1. The molecular formula is C16H28N4O. The number of nitrogens with zero attached hydrogens (tertiary/aromatic N) is 2. The number of carbonyl (C=O) groups is 1. The van der Waals surface area contributed by atoms with Gasteiger partial charge in [-0.05, 0) is 30.1 Å². The van der Waals surface area contributed by atoms with Gasteiger partial charge in [-0.15, -0.1) is 0 Å². The maximum Gasteiger partial charge on any atom is 0.276 e. The Morgan fingerprint density at radius 1 is 1.33 bits per heavy atom. The highest BCUT2D eigenvalue weighted by Gasteiger charge is 2.32. The zero-order chi connectivity index (χ0) is 15.8. The highest BCUT2D eigenvalue weighted by molar-refractivity contribution is 5.97. The number of likely N-dealkylation sites (tertiary alicyclic amines) is 1. The molecule has 1 fully saturated rings. The number of amides is 1. The maximum atomic E-state index is 12.6. The Morgan fingerprint density at radius 3 is 2.33 bits per heavy atom. The standard InChI is InChI=1S/C16H28N4O/c1-10(2)13-12(17)14(19-18-13)15(21)20-8-6-11(7-9-20)16(3,4)5/h10-11H,6-9,17H2,1-5H3,(H,18,19). The predicted octanol–water partition coefficient (Wildman–Crippen LogP) is 3.01. The first-order valence-electron chi connectivity index (χ1n) is 7.84. The molecule has 1 aromatic rings. The molecule has 0 saturated carbocycles. The second-order valence-electron chi connectivity index (χ2n) is 7.49. The number of carbonyl (C=O) groups excluding carboxylic acids is 1. The first-order valence-corrected chi connectivity index (χ1v) is 7.84. The number of nitrogen functional groups attached to an aromatic ring is 1. The summed E-state index contributed by atoms with van der Waals surface area (Å²) in [5.41, 5.74) is 8.12. The second-order valence-corrected chi connectivity index (χ2v) is 7.49. The zero-order valence-electron chi connectivity index (χ0n) is 13.9. The van der Waals surface area contributed by atoms with E-state index in [2.05, 4.69) is 31.0 Å². The van der Waals surface area contributed by atoms with Crippen LogP contribution in [0.15, 0.2) is 0 Å². The van der Waals surface area contributed by atoms with Gasteiger partial charge in [0.25, 0.3) is 5.91 Å². The molecule has 1 aliphatic heterocycles. The van der Waals surface area contributed by atoms with Crippen LogP contribution in [0, 0.1) is 11.3 Å². The van der Waals surface area contributed by atoms with Crippen LogP contribution in [0.1, 0.15) is 69.6 Å². The van der Waals surface area contributed by atoms with Crippen molar-refractivity contribution in [3.8, 4) is 0 Å². The molecule has 21 heavy (non-hydrogen) atoms. The van der Waals surface area contributed by atoms with Gasteiger partial charge in [-0.2, -0.15) is 5.10 Å². The van der Waals surface area contributed by atoms with Crippen molar-refractivity contribution < 1.29 is 4.79 Å². The number of H-pyrrole nitrogens is 1. The highest BCUT2D eigenvalue weighted by Crippen LogP contribution is 2.34. The molecule has 3 N–H and O–H groups in total. The molecular weight excluding hydrogens is 264 g/mol. The third-order valence-electron chi connectivity index (χ3n) is 4.62. The van der Waals surface area contributed by atoms with Gasteiger partial charge in [0.05, 0.1) is 11.4 Å². The number of anilines is 1. The number of piperidine rings is 1. The van der Waals surface area contributed by atoms with E-state index < -0.39 is 0 Å². The van der Waals surface area contributed by atoms with Gasteiger partial charge >= 0.3 is 0 Å². The van der Waals surface area contributed by atoms with Crippen LogP contribution in [0.4, 0.5) is 5.69 Å². The molecule has 1 aromatic heterocycles. The molecule has 118 valence electrons. The number of rotatable bonds is 2. The van der Waals surface area contributed by atoms with E-state index in [1.54, 1.807) is 0 Å². The maximum absolute atomic E-state index is 12.6. The van der Waals surface area contributed by atoms with E-state index in [4.69, 9.17) is 5.73 Å². The Bertz CT molecular complexity index is 505. The summed E-state index contributed by atoms with van der Waals surface area (Å²) in [6, 6.07) is 0. The third kappa shape index (κ3) is 3.22. The van der Waals surface area contributed by atoms with Crippen LogP contribution in [0.25, 0.3) is 0 Å². The van der Waals surface area contributed by atoms with Crippen molar-refractivity contribution in [3.05, 3.63) is 11.4 Å². The summed E-state index contributed by atoms with van der Waals surface area (Å²) < 4.78 is 0. The van der Waals surface area contributed by atoms with Gasteiger partial charge in [-0.1, -0.05) is 34.6 Å². The van der Waals surface area contributed by atoms with Crippen LogP contribution in [0.5, 0.6) is 0 Å². The summed E-state index contributed by atoms with van der Waals surface area (Å²) in [7, 11) is 0. The van der Waals surface area contributed by atoms with Gasteiger partial charge < -0.3 is 10.6 Å². The summed E-state index contributed by atoms with van der Waals surface area (Å²) in [6.45, 7) is 12.5. The van der Waals surface area contributed by atoms with Crippen molar-refractivity contribution in [2.45, 2.75) is 53.4 Å². The number of hydrogen-bond acceptors (Lipinski definition) is 3. The molecule has 5 nitrogen and oxygen atoms in total. The van der Waals surface area contributed by atoms with Crippen molar-refractivity contribution in [2.75, 3.05) is 18.8 Å². The fourth-order valence-electron chi connectivity index (χ4n) is 3.07. The van der Waals surface area contributed by atoms with E-state index in [0.717, 1.165) is 31.6 Å². The van der Waals surface area contributed by atoms with E-state index >= 15 is 0 Å². The van der Waals surface area contributed by atoms with Gasteiger partial charge in [-0.25, -0.2) is 0 Å². The van der Waals surface area contributed by atoms with Gasteiger partial charge in [0, 0.05) is 13.1 Å². The summed E-state index contributed by atoms with van der Waals surface area (Å²) >= 11 is 0. The number of nitrogens with one attached hydrogen (secondary N) is 1. The molecule has 2 rings (SSSR count). The minimum Gasteiger partial charge on any atom is -0.395 e. The highest BCUT2D eigenvalue weighted by atomic mass is 16.2. The molecule has 0 atom stereocenters. The fourth-order valence-corrected chi connectivity index (χ4v) is 3.07. The molecule has 5 heteroatoms. The van der Waals surface area contributed by atoms with E-state index in [9.17, 15) is 4.79 Å². The summed E-state index contributed by atoms with van der Waals surface area (Å²) in [4.78, 5) is 14.5. The lowest BCUT2D eigenvalue weighted by atomic mass is 9.75. The molecule has 1 aliphatic rings. The number of hydrogen-bond donors (Lipinski definition) is 2. The van der Waals surface area contributed by atoms with Crippen molar-refractivity contribution in [1.82, 2.24) is 15.1 Å². The zero-order valence-corrected chi connectivity index (χ0v) is 13.9. The van der Waals surface area contributed by atoms with Crippen LogP contribution in [-0.4, -0.2) is 34.1 Å². The average molecular weight is 292 g/mol. The average Bonchev–Trinajstić information content (AvgIpc) is 2.79. The summed E-state index contributed by atoms with van der Waals surface area (Å²) in [6.07, 6.45) is 2.10. The van der Waals surface area contributed by atoms with E-state index in [1.165, 1.54) is 0 Å². The monoisotopic (exact) mass is 292 g/mol.